The van der Waals surface area contributed by atoms with Crippen LogP contribution in [0.25, 0.3) is 11.1 Å². The highest BCUT2D eigenvalue weighted by molar-refractivity contribution is 5.75. The van der Waals surface area contributed by atoms with Gasteiger partial charge in [-0.3, -0.25) is 4.68 Å². The molecule has 1 aromatic carbocycles. The lowest BCUT2D eigenvalue weighted by molar-refractivity contribution is 0.701. The van der Waals surface area contributed by atoms with Crippen molar-refractivity contribution in [2.75, 3.05) is 5.73 Å². The largest absolute Gasteiger partial charge is 0.398 e. The molecular formula is C13H15N3. The molecule has 16 heavy (non-hydrogen) atoms. The van der Waals surface area contributed by atoms with Crippen molar-refractivity contribution in [3.8, 4) is 11.1 Å². The summed E-state index contributed by atoms with van der Waals surface area (Å²) in [5.74, 6) is 0. The van der Waals surface area contributed by atoms with Crippen LogP contribution in [-0.4, -0.2) is 9.78 Å². The number of nitrogens with zero attached hydrogens (tertiary/aromatic N) is 2. The summed E-state index contributed by atoms with van der Waals surface area (Å²) < 4.78 is 1.89. The first-order valence-electron chi connectivity index (χ1n) is 5.29. The minimum absolute atomic E-state index is 0.785. The lowest BCUT2D eigenvalue weighted by atomic mass is 10.1. The van der Waals surface area contributed by atoms with E-state index in [1.165, 1.54) is 0 Å². The molecule has 0 aliphatic rings. The van der Waals surface area contributed by atoms with Gasteiger partial charge in [0, 0.05) is 23.0 Å². The van der Waals surface area contributed by atoms with Crippen LogP contribution in [0.1, 0.15) is 6.92 Å². The van der Waals surface area contributed by atoms with Crippen LogP contribution in [0.3, 0.4) is 0 Å². The van der Waals surface area contributed by atoms with Gasteiger partial charge in [0.25, 0.3) is 0 Å². The van der Waals surface area contributed by atoms with Crippen LogP contribution in [-0.2, 0) is 6.54 Å². The predicted molar refractivity (Wildman–Crippen MR) is 66.9 cm³/mol. The summed E-state index contributed by atoms with van der Waals surface area (Å²) in [7, 11) is 0. The Kier molecular flexibility index (Phi) is 3.05. The van der Waals surface area contributed by atoms with E-state index in [1.807, 2.05) is 54.3 Å². The van der Waals surface area contributed by atoms with E-state index in [2.05, 4.69) is 11.2 Å². The summed E-state index contributed by atoms with van der Waals surface area (Å²) in [4.78, 5) is 0. The zero-order valence-corrected chi connectivity index (χ0v) is 9.30. The molecule has 0 atom stereocenters. The number of rotatable bonds is 3. The highest BCUT2D eigenvalue weighted by Gasteiger charge is 2.03. The van der Waals surface area contributed by atoms with Crippen molar-refractivity contribution < 1.29 is 0 Å². The molecular weight excluding hydrogens is 198 g/mol. The van der Waals surface area contributed by atoms with E-state index in [0.717, 1.165) is 23.4 Å². The minimum atomic E-state index is 0.785. The van der Waals surface area contributed by atoms with Crippen LogP contribution < -0.4 is 5.73 Å². The predicted octanol–water partition coefficient (Wildman–Crippen LogP) is 2.71. The Labute approximate surface area is 95.2 Å². The quantitative estimate of drug-likeness (QED) is 0.629. The molecule has 0 unspecified atom stereocenters. The lowest BCUT2D eigenvalue weighted by Gasteiger charge is -2.01. The van der Waals surface area contributed by atoms with Crippen LogP contribution in [0, 0.1) is 0 Å². The fourth-order valence-electron chi connectivity index (χ4n) is 1.58. The molecule has 0 fully saturated rings. The van der Waals surface area contributed by atoms with Crippen LogP contribution >= 0.6 is 0 Å². The molecule has 2 N–H and O–H groups in total. The van der Waals surface area contributed by atoms with Crippen molar-refractivity contribution >= 4 is 5.69 Å². The average molecular weight is 213 g/mol. The van der Waals surface area contributed by atoms with Crippen LogP contribution in [0.5, 0.6) is 0 Å². The highest BCUT2D eigenvalue weighted by Crippen LogP contribution is 2.24. The number of benzene rings is 1. The Morgan fingerprint density at radius 2 is 2.19 bits per heavy atom. The number of hydrogen-bond donors (Lipinski definition) is 1. The Hall–Kier alpha value is -2.03. The van der Waals surface area contributed by atoms with Gasteiger partial charge in [-0.1, -0.05) is 30.4 Å². The first kappa shape index (κ1) is 10.5. The van der Waals surface area contributed by atoms with E-state index in [1.54, 1.807) is 0 Å². The lowest BCUT2D eigenvalue weighted by Crippen LogP contribution is -1.94. The molecule has 2 rings (SSSR count). The summed E-state index contributed by atoms with van der Waals surface area (Å²) in [5, 5.41) is 4.28. The van der Waals surface area contributed by atoms with Gasteiger partial charge in [-0.2, -0.15) is 5.10 Å². The fraction of sp³-hybridized carbons (Fsp3) is 0.154. The van der Waals surface area contributed by atoms with Gasteiger partial charge in [-0.05, 0) is 13.0 Å². The van der Waals surface area contributed by atoms with Gasteiger partial charge in [0.15, 0.2) is 0 Å². The van der Waals surface area contributed by atoms with Gasteiger partial charge < -0.3 is 5.73 Å². The van der Waals surface area contributed by atoms with Gasteiger partial charge in [-0.15, -0.1) is 0 Å². The van der Waals surface area contributed by atoms with Crippen molar-refractivity contribution in [2.24, 2.45) is 0 Å². The molecule has 0 spiro atoms. The number of nitrogens with two attached hydrogens (primary N) is 1. The highest BCUT2D eigenvalue weighted by atomic mass is 15.3. The molecule has 0 saturated heterocycles. The molecule has 0 aliphatic carbocycles. The minimum Gasteiger partial charge on any atom is -0.398 e. The van der Waals surface area contributed by atoms with E-state index in [-0.39, 0.29) is 0 Å². The SMILES string of the molecule is C/C=C/Cn1cc(-c2ccccc2N)cn1. The molecule has 1 heterocycles. The number of hydrogen-bond acceptors (Lipinski definition) is 2. The zero-order valence-electron chi connectivity index (χ0n) is 9.30. The maximum atomic E-state index is 5.91. The molecule has 3 nitrogen and oxygen atoms in total. The summed E-state index contributed by atoms with van der Waals surface area (Å²) in [5.41, 5.74) is 8.79. The van der Waals surface area contributed by atoms with E-state index in [9.17, 15) is 0 Å². The monoisotopic (exact) mass is 213 g/mol. The number of aromatic nitrogens is 2. The number of nitrogen functional groups attached to an aromatic ring is 1. The molecule has 0 aliphatic heterocycles. The van der Waals surface area contributed by atoms with Crippen molar-refractivity contribution in [3.63, 3.8) is 0 Å². The third-order valence-electron chi connectivity index (χ3n) is 2.43. The summed E-state index contributed by atoms with van der Waals surface area (Å²) in [6.07, 6.45) is 7.92. The van der Waals surface area contributed by atoms with Crippen LogP contribution in [0.15, 0.2) is 48.8 Å². The standard InChI is InChI=1S/C13H15N3/c1-2-3-8-16-10-11(9-15-16)12-6-4-5-7-13(12)14/h2-7,9-10H,8,14H2,1H3/b3-2+. The number of anilines is 1. The molecule has 2 aromatic rings. The average Bonchev–Trinajstić information content (AvgIpc) is 2.75. The van der Waals surface area contributed by atoms with Crippen LogP contribution in [0.2, 0.25) is 0 Å². The zero-order chi connectivity index (χ0) is 11.4. The van der Waals surface area contributed by atoms with Crippen molar-refractivity contribution in [3.05, 3.63) is 48.8 Å². The Morgan fingerprint density at radius 1 is 1.38 bits per heavy atom. The topological polar surface area (TPSA) is 43.8 Å². The van der Waals surface area contributed by atoms with E-state index in [0.29, 0.717) is 0 Å². The van der Waals surface area contributed by atoms with Crippen LogP contribution in [0.4, 0.5) is 5.69 Å². The van der Waals surface area contributed by atoms with Gasteiger partial charge in [0.2, 0.25) is 0 Å². The molecule has 1 aromatic heterocycles. The van der Waals surface area contributed by atoms with E-state index in [4.69, 9.17) is 5.73 Å². The van der Waals surface area contributed by atoms with Gasteiger partial charge in [0.1, 0.15) is 0 Å². The summed E-state index contributed by atoms with van der Waals surface area (Å²) in [6.45, 7) is 2.79. The van der Waals surface area contributed by atoms with Gasteiger partial charge in [-0.25, -0.2) is 0 Å². The van der Waals surface area contributed by atoms with Crippen molar-refractivity contribution in [1.82, 2.24) is 9.78 Å². The van der Waals surface area contributed by atoms with Crippen molar-refractivity contribution in [2.45, 2.75) is 13.5 Å². The molecule has 0 radical (unpaired) electrons. The van der Waals surface area contributed by atoms with E-state index < -0.39 is 0 Å². The molecule has 82 valence electrons. The fourth-order valence-corrected chi connectivity index (χ4v) is 1.58. The molecule has 3 heteroatoms. The maximum Gasteiger partial charge on any atom is 0.0590 e. The molecule has 0 saturated carbocycles. The smallest absolute Gasteiger partial charge is 0.0590 e. The van der Waals surface area contributed by atoms with E-state index >= 15 is 0 Å². The van der Waals surface area contributed by atoms with Crippen molar-refractivity contribution in [1.29, 1.82) is 0 Å². The Balaban J connectivity index is 2.28. The van der Waals surface area contributed by atoms with Gasteiger partial charge in [0.05, 0.1) is 12.7 Å². The third kappa shape index (κ3) is 2.14. The van der Waals surface area contributed by atoms with Gasteiger partial charge >= 0.3 is 0 Å². The number of para-hydroxylation sites is 1. The number of allylic oxidation sites excluding steroid dienone is 2. The first-order chi connectivity index (χ1) is 7.81. The second-order valence-corrected chi connectivity index (χ2v) is 3.61. The third-order valence-corrected chi connectivity index (χ3v) is 2.43. The normalized spacial score (nSPS) is 11.1. The summed E-state index contributed by atoms with van der Waals surface area (Å²) in [6, 6.07) is 7.82. The summed E-state index contributed by atoms with van der Waals surface area (Å²) >= 11 is 0. The maximum absolute atomic E-state index is 5.91. The Bertz CT molecular complexity index is 497. The second-order valence-electron chi connectivity index (χ2n) is 3.61. The molecule has 0 bridgehead atoms. The second kappa shape index (κ2) is 4.66. The first-order valence-corrected chi connectivity index (χ1v) is 5.29. The Morgan fingerprint density at radius 3 is 2.94 bits per heavy atom. The molecule has 0 amide bonds.